The molecule has 1 aromatic carbocycles. The van der Waals surface area contributed by atoms with Crippen LogP contribution in [0.5, 0.6) is 5.75 Å². The summed E-state index contributed by atoms with van der Waals surface area (Å²) in [6, 6.07) is 3.85. The van der Waals surface area contributed by atoms with Gasteiger partial charge in [0.2, 0.25) is 0 Å². The highest BCUT2D eigenvalue weighted by molar-refractivity contribution is 14.1. The Morgan fingerprint density at radius 3 is 2.21 bits per heavy atom. The van der Waals surface area contributed by atoms with E-state index in [1.165, 1.54) is 0 Å². The number of carboxylic acid groups (broad SMARTS) is 1. The minimum Gasteiger partial charge on any atom is -0.546 e. The van der Waals surface area contributed by atoms with Gasteiger partial charge >= 0.3 is 0 Å². The van der Waals surface area contributed by atoms with E-state index in [-0.39, 0.29) is 0 Å². The normalized spacial score (nSPS) is 9.93. The monoisotopic (exact) mass is 529 g/mol. The zero-order valence-corrected chi connectivity index (χ0v) is 13.2. The van der Waals surface area contributed by atoms with E-state index in [1.807, 2.05) is 12.1 Å². The molecule has 0 spiro atoms. The van der Waals surface area contributed by atoms with Crippen LogP contribution in [0.3, 0.4) is 0 Å². The summed E-state index contributed by atoms with van der Waals surface area (Å²) in [5.41, 5.74) is 0. The second kappa shape index (κ2) is 5.68. The van der Waals surface area contributed by atoms with E-state index in [0.717, 1.165) is 10.7 Å². The first-order chi connectivity index (χ1) is 6.50. The number of carboxylic acids is 1. The van der Waals surface area contributed by atoms with Gasteiger partial charge in [0.1, 0.15) is 12.4 Å². The molecule has 0 unspecified atom stereocenters. The van der Waals surface area contributed by atoms with Crippen LogP contribution in [0, 0.1) is 10.7 Å². The molecule has 6 heteroatoms. The molecule has 3 nitrogen and oxygen atoms in total. The summed E-state index contributed by atoms with van der Waals surface area (Å²) in [6.07, 6.45) is 0. The summed E-state index contributed by atoms with van der Waals surface area (Å²) in [4.78, 5) is 10.2. The van der Waals surface area contributed by atoms with E-state index in [9.17, 15) is 9.90 Å². The minimum atomic E-state index is -1.21. The number of hydrogen-bond donors (Lipinski definition) is 0. The van der Waals surface area contributed by atoms with Crippen LogP contribution in [-0.4, -0.2) is 12.6 Å². The predicted octanol–water partition coefficient (Wildman–Crippen LogP) is 1.63. The molecular weight excluding hydrogens is 525 g/mol. The lowest BCUT2D eigenvalue weighted by molar-refractivity contribution is -0.307. The lowest BCUT2D eigenvalue weighted by atomic mass is 10.3. The van der Waals surface area contributed by atoms with Gasteiger partial charge in [-0.2, -0.15) is 0 Å². The van der Waals surface area contributed by atoms with Gasteiger partial charge < -0.3 is 14.6 Å². The van der Waals surface area contributed by atoms with Crippen molar-refractivity contribution >= 4 is 73.7 Å². The van der Waals surface area contributed by atoms with Crippen molar-refractivity contribution in [3.8, 4) is 5.75 Å². The molecule has 0 aliphatic carbocycles. The van der Waals surface area contributed by atoms with Gasteiger partial charge in [-0.25, -0.2) is 0 Å². The van der Waals surface area contributed by atoms with Crippen molar-refractivity contribution in [1.82, 2.24) is 0 Å². The summed E-state index contributed by atoms with van der Waals surface area (Å²) in [5.74, 6) is -0.606. The number of rotatable bonds is 3. The van der Waals surface area contributed by atoms with Crippen molar-refractivity contribution in [2.24, 2.45) is 0 Å². The molecule has 0 atom stereocenters. The maximum Gasteiger partial charge on any atom is 0.146 e. The third kappa shape index (κ3) is 3.68. The second-order valence-corrected chi connectivity index (χ2v) is 5.93. The number of ether oxygens (including phenoxy) is 1. The van der Waals surface area contributed by atoms with Crippen molar-refractivity contribution in [3.63, 3.8) is 0 Å². The van der Waals surface area contributed by atoms with E-state index < -0.39 is 12.6 Å². The van der Waals surface area contributed by atoms with Crippen LogP contribution in [0.2, 0.25) is 0 Å². The highest BCUT2D eigenvalue weighted by atomic mass is 127. The molecule has 0 N–H and O–H groups in total. The summed E-state index contributed by atoms with van der Waals surface area (Å²) >= 11 is 6.42. The largest absolute Gasteiger partial charge is 0.546 e. The molecular formula is C8H4I3O3-. The lowest BCUT2D eigenvalue weighted by Gasteiger charge is -2.10. The molecule has 0 radical (unpaired) electrons. The average molecular weight is 529 g/mol. The predicted molar refractivity (Wildman–Crippen MR) is 75.1 cm³/mol. The average Bonchev–Trinajstić information content (AvgIpc) is 2.01. The molecule has 14 heavy (non-hydrogen) atoms. The fourth-order valence-electron chi connectivity index (χ4n) is 0.798. The Labute approximate surface area is 122 Å². The molecule has 0 fully saturated rings. The quantitative estimate of drug-likeness (QED) is 0.561. The van der Waals surface area contributed by atoms with Gasteiger partial charge in [-0.05, 0) is 79.9 Å². The van der Waals surface area contributed by atoms with Crippen molar-refractivity contribution in [2.75, 3.05) is 6.61 Å². The first-order valence-corrected chi connectivity index (χ1v) is 6.71. The Hall–Kier alpha value is 0.680. The first-order valence-electron chi connectivity index (χ1n) is 3.48. The van der Waals surface area contributed by atoms with Crippen LogP contribution >= 0.6 is 67.8 Å². The highest BCUT2D eigenvalue weighted by Crippen LogP contribution is 2.29. The van der Waals surface area contributed by atoms with Crippen molar-refractivity contribution in [1.29, 1.82) is 0 Å². The van der Waals surface area contributed by atoms with Crippen LogP contribution < -0.4 is 9.84 Å². The summed E-state index contributed by atoms with van der Waals surface area (Å²) in [6.45, 7) is -0.410. The third-order valence-electron chi connectivity index (χ3n) is 1.30. The number of benzene rings is 1. The highest BCUT2D eigenvalue weighted by Gasteiger charge is 2.07. The van der Waals surface area contributed by atoms with Crippen molar-refractivity contribution < 1.29 is 14.6 Å². The third-order valence-corrected chi connectivity index (χ3v) is 3.52. The van der Waals surface area contributed by atoms with Gasteiger partial charge in [-0.15, -0.1) is 0 Å². The molecule has 0 saturated heterocycles. The van der Waals surface area contributed by atoms with Gasteiger partial charge in [-0.1, -0.05) is 0 Å². The molecule has 0 aliphatic heterocycles. The van der Waals surface area contributed by atoms with Crippen LogP contribution in [0.1, 0.15) is 0 Å². The number of carbonyl (C=O) groups is 1. The van der Waals surface area contributed by atoms with E-state index in [4.69, 9.17) is 4.74 Å². The maximum atomic E-state index is 10.2. The molecule has 0 heterocycles. The Kier molecular flexibility index (Phi) is 5.17. The number of aliphatic carboxylic acids is 1. The van der Waals surface area contributed by atoms with Crippen molar-refractivity contribution in [3.05, 3.63) is 22.8 Å². The van der Waals surface area contributed by atoms with Crippen molar-refractivity contribution in [2.45, 2.75) is 0 Å². The van der Waals surface area contributed by atoms with Gasteiger partial charge in [0.15, 0.2) is 0 Å². The van der Waals surface area contributed by atoms with Gasteiger partial charge in [0, 0.05) is 3.57 Å². The fraction of sp³-hybridized carbons (Fsp3) is 0.125. The van der Waals surface area contributed by atoms with Crippen LogP contribution in [0.25, 0.3) is 0 Å². The Bertz CT molecular complexity index is 342. The molecule has 0 bridgehead atoms. The Balaban J connectivity index is 2.91. The molecule has 0 amide bonds. The van der Waals surface area contributed by atoms with Crippen LogP contribution in [0.4, 0.5) is 0 Å². The first kappa shape index (κ1) is 12.7. The number of carbonyl (C=O) groups excluding carboxylic acids is 1. The van der Waals surface area contributed by atoms with Crippen LogP contribution in [0.15, 0.2) is 12.1 Å². The molecule has 0 aromatic heterocycles. The smallest absolute Gasteiger partial charge is 0.146 e. The number of hydrogen-bond acceptors (Lipinski definition) is 3. The minimum absolute atomic E-state index is 0.410. The van der Waals surface area contributed by atoms with Gasteiger partial charge in [-0.3, -0.25) is 0 Å². The molecule has 76 valence electrons. The molecule has 0 saturated carbocycles. The van der Waals surface area contributed by atoms with E-state index in [1.54, 1.807) is 0 Å². The molecule has 0 aliphatic rings. The molecule has 1 rings (SSSR count). The van der Waals surface area contributed by atoms with E-state index >= 15 is 0 Å². The summed E-state index contributed by atoms with van der Waals surface area (Å²) in [7, 11) is 0. The van der Waals surface area contributed by atoms with Gasteiger partial charge in [0.05, 0.1) is 13.1 Å². The standard InChI is InChI=1S/C8H5I3O3/c9-4-1-5(10)8(6(11)2-4)14-3-7(12)13/h1-2H,3H2,(H,12,13)/p-1. The zero-order chi connectivity index (χ0) is 10.7. The maximum absolute atomic E-state index is 10.2. The second-order valence-electron chi connectivity index (χ2n) is 2.36. The fourth-order valence-corrected chi connectivity index (χ4v) is 4.69. The topological polar surface area (TPSA) is 49.4 Å². The summed E-state index contributed by atoms with van der Waals surface area (Å²) in [5, 5.41) is 10.2. The van der Waals surface area contributed by atoms with Gasteiger partial charge in [0.25, 0.3) is 0 Å². The van der Waals surface area contributed by atoms with Crippen LogP contribution in [-0.2, 0) is 4.79 Å². The summed E-state index contributed by atoms with van der Waals surface area (Å²) < 4.78 is 8.00. The van der Waals surface area contributed by atoms with E-state index in [0.29, 0.717) is 5.75 Å². The Morgan fingerprint density at radius 1 is 1.29 bits per heavy atom. The SMILES string of the molecule is O=C([O-])COc1c(I)cc(I)cc1I. The molecule has 1 aromatic rings. The number of halogens is 3. The lowest BCUT2D eigenvalue weighted by Crippen LogP contribution is -2.29. The zero-order valence-electron chi connectivity index (χ0n) is 6.72. The Morgan fingerprint density at radius 2 is 1.79 bits per heavy atom. The van der Waals surface area contributed by atoms with E-state index in [2.05, 4.69) is 67.8 Å².